The fraction of sp³-hybridized carbons (Fsp3) is 0.654. The van der Waals surface area contributed by atoms with Gasteiger partial charge in [0.25, 0.3) is 0 Å². The minimum Gasteiger partial charge on any atom is -0.494 e. The van der Waals surface area contributed by atoms with E-state index in [4.69, 9.17) is 4.74 Å². The number of alkyl halides is 3. The molecule has 1 amide bonds. The molecule has 5 rings (SSSR count). The number of H-pyrrole nitrogens is 1. The van der Waals surface area contributed by atoms with Crippen molar-refractivity contribution >= 4 is 22.5 Å². The number of carbonyl (C=O) groups is 1. The van der Waals surface area contributed by atoms with Crippen molar-refractivity contribution in [3.8, 4) is 5.75 Å². The molecule has 8 heteroatoms. The Hall–Kier alpha value is -2.22. The van der Waals surface area contributed by atoms with Gasteiger partial charge in [0.1, 0.15) is 5.75 Å². The van der Waals surface area contributed by atoms with Crippen molar-refractivity contribution in [2.45, 2.75) is 52.1 Å². The predicted molar refractivity (Wildman–Crippen MR) is 126 cm³/mol. The Morgan fingerprint density at radius 3 is 2.56 bits per heavy atom. The third-order valence-electron chi connectivity index (χ3n) is 8.00. The van der Waals surface area contributed by atoms with E-state index < -0.39 is 12.7 Å². The molecule has 2 aliphatic carbocycles. The van der Waals surface area contributed by atoms with Crippen molar-refractivity contribution in [3.05, 3.63) is 24.4 Å². The average Bonchev–Trinajstić information content (AvgIpc) is 3.38. The molecule has 5 nitrogen and oxygen atoms in total. The monoisotopic (exact) mass is 477 g/mol. The molecule has 1 aliphatic heterocycles. The second-order valence-electron chi connectivity index (χ2n) is 11.5. The highest BCUT2D eigenvalue weighted by molar-refractivity contribution is 6.03. The van der Waals surface area contributed by atoms with Crippen LogP contribution in [0.4, 0.5) is 18.9 Å². The van der Waals surface area contributed by atoms with Gasteiger partial charge in [-0.05, 0) is 73.5 Å². The Bertz CT molecular complexity index is 1030. The van der Waals surface area contributed by atoms with Gasteiger partial charge in [0.15, 0.2) is 0 Å². The maximum Gasteiger partial charge on any atom is 0.401 e. The van der Waals surface area contributed by atoms with Crippen LogP contribution in [0.1, 0.15) is 46.0 Å². The molecule has 186 valence electrons. The van der Waals surface area contributed by atoms with E-state index in [0.29, 0.717) is 37.5 Å². The number of rotatable bonds is 7. The highest BCUT2D eigenvalue weighted by Gasteiger charge is 2.43. The molecule has 0 spiro atoms. The second kappa shape index (κ2) is 8.77. The van der Waals surface area contributed by atoms with Gasteiger partial charge in [0.05, 0.1) is 18.8 Å². The summed E-state index contributed by atoms with van der Waals surface area (Å²) in [5, 5.41) is 4.01. The Balaban J connectivity index is 1.10. The Kier molecular flexibility index (Phi) is 6.07. The largest absolute Gasteiger partial charge is 0.494 e. The van der Waals surface area contributed by atoms with Gasteiger partial charge in [0.2, 0.25) is 5.91 Å². The summed E-state index contributed by atoms with van der Waals surface area (Å²) >= 11 is 0. The van der Waals surface area contributed by atoms with E-state index in [9.17, 15) is 18.0 Å². The number of likely N-dealkylation sites (tertiary alicyclic amines) is 1. The standard InChI is InChI=1S/C26H34F3N3O2/c1-25(2)10-19(11-25)24(33)31-23-12-30-22-4-3-20(9-21(22)23)34-6-5-16-7-17-13-32(14-18(17)8-16)15-26(27,28)29/h3-4,9,12,16-19,30H,5-8,10-11,13-15H2,1-2H3,(H,31,33)/t16-,17-,18+. The smallest absolute Gasteiger partial charge is 0.401 e. The number of ether oxygens (including phenoxy) is 1. The fourth-order valence-electron chi connectivity index (χ4n) is 6.47. The summed E-state index contributed by atoms with van der Waals surface area (Å²) in [6.45, 7) is 5.32. The van der Waals surface area contributed by atoms with Crippen molar-refractivity contribution in [1.82, 2.24) is 9.88 Å². The molecule has 0 bridgehead atoms. The number of carbonyl (C=O) groups excluding carboxylic acids is 1. The molecule has 34 heavy (non-hydrogen) atoms. The quantitative estimate of drug-likeness (QED) is 0.527. The van der Waals surface area contributed by atoms with Crippen molar-refractivity contribution in [2.75, 3.05) is 31.6 Å². The average molecular weight is 478 g/mol. The summed E-state index contributed by atoms with van der Waals surface area (Å²) in [7, 11) is 0. The lowest BCUT2D eigenvalue weighted by atomic mass is 9.64. The maximum absolute atomic E-state index is 12.7. The zero-order valence-electron chi connectivity index (χ0n) is 19.9. The van der Waals surface area contributed by atoms with Crippen LogP contribution in [-0.4, -0.2) is 48.2 Å². The van der Waals surface area contributed by atoms with Crippen LogP contribution < -0.4 is 10.1 Å². The molecule has 3 aliphatic rings. The maximum atomic E-state index is 12.7. The lowest BCUT2D eigenvalue weighted by Gasteiger charge is -2.41. The molecule has 1 aromatic heterocycles. The van der Waals surface area contributed by atoms with Crippen LogP contribution in [0.15, 0.2) is 24.4 Å². The number of halogens is 3. The van der Waals surface area contributed by atoms with E-state index in [-0.39, 0.29) is 17.2 Å². The summed E-state index contributed by atoms with van der Waals surface area (Å²) in [6.07, 6.45) is 2.45. The van der Waals surface area contributed by atoms with Gasteiger partial charge in [-0.15, -0.1) is 0 Å². The van der Waals surface area contributed by atoms with Crippen LogP contribution in [-0.2, 0) is 4.79 Å². The molecule has 3 atom stereocenters. The van der Waals surface area contributed by atoms with E-state index in [0.717, 1.165) is 54.4 Å². The normalized spacial score (nSPS) is 27.0. The van der Waals surface area contributed by atoms with Gasteiger partial charge < -0.3 is 15.0 Å². The molecule has 2 aromatic rings. The Labute approximate surface area is 198 Å². The molecule has 3 fully saturated rings. The Morgan fingerprint density at radius 1 is 1.21 bits per heavy atom. The first-order valence-corrected chi connectivity index (χ1v) is 12.4. The molecule has 1 saturated heterocycles. The van der Waals surface area contributed by atoms with Gasteiger partial charge in [-0.3, -0.25) is 9.69 Å². The van der Waals surface area contributed by atoms with Crippen molar-refractivity contribution < 1.29 is 22.7 Å². The Morgan fingerprint density at radius 2 is 1.91 bits per heavy atom. The van der Waals surface area contributed by atoms with Crippen LogP contribution in [0, 0.1) is 29.1 Å². The first-order chi connectivity index (χ1) is 16.0. The number of fused-ring (bicyclic) bond motifs is 2. The number of aromatic nitrogens is 1. The SMILES string of the molecule is CC1(C)CC(C(=O)Nc2c[nH]c3ccc(OCC[C@@H]4C[C@@H]5CN(CC(F)(F)F)C[C@@H]5C4)cc23)C1. The second-order valence-corrected chi connectivity index (χ2v) is 11.5. The highest BCUT2D eigenvalue weighted by atomic mass is 19.4. The number of nitrogens with one attached hydrogen (secondary N) is 2. The first kappa shape index (κ1) is 23.5. The van der Waals surface area contributed by atoms with Crippen LogP contribution in [0.25, 0.3) is 10.9 Å². The van der Waals surface area contributed by atoms with Gasteiger partial charge in [-0.2, -0.15) is 13.2 Å². The topological polar surface area (TPSA) is 57.4 Å². The summed E-state index contributed by atoms with van der Waals surface area (Å²) in [4.78, 5) is 17.4. The number of hydrogen-bond acceptors (Lipinski definition) is 3. The number of aromatic amines is 1. The number of nitrogens with zero attached hydrogens (tertiary/aromatic N) is 1. The zero-order valence-corrected chi connectivity index (χ0v) is 19.9. The van der Waals surface area contributed by atoms with Crippen LogP contribution in [0.5, 0.6) is 5.75 Å². The van der Waals surface area contributed by atoms with E-state index in [2.05, 4.69) is 24.1 Å². The lowest BCUT2D eigenvalue weighted by molar-refractivity contribution is -0.144. The fourth-order valence-corrected chi connectivity index (χ4v) is 6.47. The van der Waals surface area contributed by atoms with E-state index >= 15 is 0 Å². The number of hydrogen-bond donors (Lipinski definition) is 2. The summed E-state index contributed by atoms with van der Waals surface area (Å²) in [5.74, 6) is 2.20. The van der Waals surface area contributed by atoms with Gasteiger partial charge in [-0.1, -0.05) is 13.8 Å². The summed E-state index contributed by atoms with van der Waals surface area (Å²) < 4.78 is 44.0. The highest BCUT2D eigenvalue weighted by Crippen LogP contribution is 2.45. The lowest BCUT2D eigenvalue weighted by Crippen LogP contribution is -2.39. The number of anilines is 1. The van der Waals surface area contributed by atoms with Gasteiger partial charge in [0, 0.05) is 36.1 Å². The van der Waals surface area contributed by atoms with Gasteiger partial charge in [-0.25, -0.2) is 0 Å². The van der Waals surface area contributed by atoms with Crippen LogP contribution >= 0.6 is 0 Å². The van der Waals surface area contributed by atoms with Crippen LogP contribution in [0.3, 0.4) is 0 Å². The van der Waals surface area contributed by atoms with Crippen molar-refractivity contribution in [3.63, 3.8) is 0 Å². The molecular formula is C26H34F3N3O2. The van der Waals surface area contributed by atoms with E-state index in [1.807, 2.05) is 24.4 Å². The third-order valence-corrected chi connectivity index (χ3v) is 8.00. The van der Waals surface area contributed by atoms with Crippen LogP contribution in [0.2, 0.25) is 0 Å². The first-order valence-electron chi connectivity index (χ1n) is 12.4. The molecule has 2 N–H and O–H groups in total. The molecule has 2 saturated carbocycles. The number of amides is 1. The summed E-state index contributed by atoms with van der Waals surface area (Å²) in [5.41, 5.74) is 1.98. The minimum atomic E-state index is -4.11. The van der Waals surface area contributed by atoms with Crippen molar-refractivity contribution in [2.24, 2.45) is 29.1 Å². The van der Waals surface area contributed by atoms with Crippen molar-refractivity contribution in [1.29, 1.82) is 0 Å². The third kappa shape index (κ3) is 5.21. The predicted octanol–water partition coefficient (Wildman–Crippen LogP) is 5.83. The zero-order chi connectivity index (χ0) is 24.1. The van der Waals surface area contributed by atoms with Gasteiger partial charge >= 0.3 is 6.18 Å². The molecule has 0 unspecified atom stereocenters. The molecule has 2 heterocycles. The molecule has 1 aromatic carbocycles. The minimum absolute atomic E-state index is 0.0748. The molecular weight excluding hydrogens is 443 g/mol. The summed E-state index contributed by atoms with van der Waals surface area (Å²) in [6, 6.07) is 5.85. The number of benzene rings is 1. The molecule has 0 radical (unpaired) electrons. The van der Waals surface area contributed by atoms with E-state index in [1.165, 1.54) is 0 Å². The van der Waals surface area contributed by atoms with E-state index in [1.54, 1.807) is 4.90 Å².